The molecule has 0 fully saturated rings. The Balaban J connectivity index is 2.42. The van der Waals surface area contributed by atoms with Crippen LogP contribution >= 0.6 is 11.8 Å². The van der Waals surface area contributed by atoms with E-state index in [4.69, 9.17) is 5.73 Å². The van der Waals surface area contributed by atoms with Crippen LogP contribution in [0.5, 0.6) is 0 Å². The fourth-order valence-electron chi connectivity index (χ4n) is 1.53. The summed E-state index contributed by atoms with van der Waals surface area (Å²) in [5.41, 5.74) is 6.05. The normalized spacial score (nSPS) is 11.2. The third kappa shape index (κ3) is 2.48. The molecule has 1 heterocycles. The Morgan fingerprint density at radius 1 is 1.33 bits per heavy atom. The first-order valence-electron chi connectivity index (χ1n) is 5.44. The number of benzene rings is 1. The highest BCUT2D eigenvalue weighted by Gasteiger charge is 2.14. The van der Waals surface area contributed by atoms with Crippen molar-refractivity contribution in [3.05, 3.63) is 36.0 Å². The van der Waals surface area contributed by atoms with Crippen LogP contribution in [0.2, 0.25) is 0 Å². The van der Waals surface area contributed by atoms with Crippen LogP contribution in [0.25, 0.3) is 5.69 Å². The minimum atomic E-state index is -0.689. The summed E-state index contributed by atoms with van der Waals surface area (Å²) in [5.74, 6) is -0.955. The van der Waals surface area contributed by atoms with Gasteiger partial charge in [0.2, 0.25) is 0 Å². The van der Waals surface area contributed by atoms with Crippen molar-refractivity contribution < 1.29 is 8.78 Å². The molecule has 0 unspecified atom stereocenters. The lowest BCUT2D eigenvalue weighted by molar-refractivity contribution is 0.574. The van der Waals surface area contributed by atoms with Crippen molar-refractivity contribution in [3.8, 4) is 5.69 Å². The molecule has 0 aliphatic carbocycles. The fourth-order valence-corrected chi connectivity index (χ4v) is 2.36. The van der Waals surface area contributed by atoms with Crippen LogP contribution in [-0.2, 0) is 0 Å². The van der Waals surface area contributed by atoms with Crippen molar-refractivity contribution in [2.45, 2.75) is 24.0 Å². The van der Waals surface area contributed by atoms with Gasteiger partial charge in [-0.3, -0.25) is 0 Å². The van der Waals surface area contributed by atoms with Crippen molar-refractivity contribution in [1.29, 1.82) is 0 Å². The van der Waals surface area contributed by atoms with Crippen LogP contribution < -0.4 is 5.73 Å². The van der Waals surface area contributed by atoms with E-state index in [-0.39, 0.29) is 5.69 Å². The molecule has 0 aliphatic heterocycles. The zero-order valence-electron chi connectivity index (χ0n) is 10.0. The molecule has 0 atom stereocenters. The monoisotopic (exact) mass is 269 g/mol. The first-order chi connectivity index (χ1) is 8.49. The van der Waals surface area contributed by atoms with Gasteiger partial charge in [0, 0.05) is 11.3 Å². The minimum Gasteiger partial charge on any atom is -0.383 e. The topological polar surface area (TPSA) is 43.8 Å². The van der Waals surface area contributed by atoms with Crippen LogP contribution in [0, 0.1) is 11.6 Å². The van der Waals surface area contributed by atoms with Crippen molar-refractivity contribution in [3.63, 3.8) is 0 Å². The van der Waals surface area contributed by atoms with Crippen molar-refractivity contribution in [2.24, 2.45) is 0 Å². The van der Waals surface area contributed by atoms with E-state index in [1.807, 2.05) is 13.8 Å². The molecular weight excluding hydrogens is 256 g/mol. The Bertz CT molecular complexity index is 566. The second-order valence-corrected chi connectivity index (χ2v) is 5.69. The number of halogens is 2. The Labute approximate surface area is 108 Å². The van der Waals surface area contributed by atoms with Crippen molar-refractivity contribution in [1.82, 2.24) is 9.78 Å². The average molecular weight is 269 g/mol. The summed E-state index contributed by atoms with van der Waals surface area (Å²) in [6.45, 7) is 4.06. The largest absolute Gasteiger partial charge is 0.383 e. The number of thioether (sulfide) groups is 1. The van der Waals surface area contributed by atoms with Gasteiger partial charge in [-0.15, -0.1) is 11.8 Å². The highest BCUT2D eigenvalue weighted by Crippen LogP contribution is 2.30. The maximum Gasteiger partial charge on any atom is 0.151 e. The van der Waals surface area contributed by atoms with Gasteiger partial charge < -0.3 is 5.73 Å². The van der Waals surface area contributed by atoms with Crippen LogP contribution in [0.1, 0.15) is 13.8 Å². The maximum atomic E-state index is 13.6. The SMILES string of the molecule is CC(C)Sc1cnn(-c2ccc(F)cc2F)c1N. The number of nitrogens with zero attached hydrogens (tertiary/aromatic N) is 2. The summed E-state index contributed by atoms with van der Waals surface area (Å²) in [4.78, 5) is 0.786. The molecule has 0 amide bonds. The molecule has 3 nitrogen and oxygen atoms in total. The quantitative estimate of drug-likeness (QED) is 0.870. The summed E-state index contributed by atoms with van der Waals surface area (Å²) >= 11 is 1.54. The highest BCUT2D eigenvalue weighted by atomic mass is 32.2. The van der Waals surface area contributed by atoms with Gasteiger partial charge in [0.1, 0.15) is 17.3 Å². The van der Waals surface area contributed by atoms with Gasteiger partial charge in [-0.2, -0.15) is 5.10 Å². The number of nitrogens with two attached hydrogens (primary N) is 1. The van der Waals surface area contributed by atoms with Crippen LogP contribution in [-0.4, -0.2) is 15.0 Å². The van der Waals surface area contributed by atoms with Gasteiger partial charge in [-0.1, -0.05) is 13.8 Å². The van der Waals surface area contributed by atoms with E-state index < -0.39 is 11.6 Å². The Kier molecular flexibility index (Phi) is 3.56. The zero-order valence-corrected chi connectivity index (χ0v) is 10.8. The van der Waals surface area contributed by atoms with E-state index >= 15 is 0 Å². The Hall–Kier alpha value is -1.56. The molecule has 1 aromatic carbocycles. The Morgan fingerprint density at radius 2 is 2.06 bits per heavy atom. The van der Waals surface area contributed by atoms with Gasteiger partial charge >= 0.3 is 0 Å². The summed E-state index contributed by atoms with van der Waals surface area (Å²) in [5, 5.41) is 4.39. The number of aromatic nitrogens is 2. The molecular formula is C12H13F2N3S. The van der Waals surface area contributed by atoms with Gasteiger partial charge in [0.25, 0.3) is 0 Å². The first kappa shape index (κ1) is 12.9. The maximum absolute atomic E-state index is 13.6. The Morgan fingerprint density at radius 3 is 2.67 bits per heavy atom. The van der Waals surface area contributed by atoms with Crippen LogP contribution in [0.15, 0.2) is 29.3 Å². The van der Waals surface area contributed by atoms with Gasteiger partial charge in [0.05, 0.1) is 11.1 Å². The second-order valence-electron chi connectivity index (χ2n) is 4.07. The van der Waals surface area contributed by atoms with Crippen molar-refractivity contribution in [2.75, 3.05) is 5.73 Å². The van der Waals surface area contributed by atoms with Gasteiger partial charge in [-0.05, 0) is 12.1 Å². The van der Waals surface area contributed by atoms with Crippen LogP contribution in [0.4, 0.5) is 14.6 Å². The molecule has 0 aliphatic rings. The molecule has 0 radical (unpaired) electrons. The van der Waals surface area contributed by atoms with E-state index in [0.717, 1.165) is 11.0 Å². The molecule has 1 aromatic heterocycles. The highest BCUT2D eigenvalue weighted by molar-refractivity contribution is 8.00. The molecule has 18 heavy (non-hydrogen) atoms. The van der Waals surface area contributed by atoms with Crippen molar-refractivity contribution >= 4 is 17.6 Å². The fraction of sp³-hybridized carbons (Fsp3) is 0.250. The number of anilines is 1. The summed E-state index contributed by atoms with van der Waals surface area (Å²) < 4.78 is 27.7. The molecule has 2 aromatic rings. The third-order valence-corrected chi connectivity index (χ3v) is 3.31. The number of nitrogen functional groups attached to an aromatic ring is 1. The molecule has 6 heteroatoms. The molecule has 96 valence electrons. The average Bonchev–Trinajstić information content (AvgIpc) is 2.60. The summed E-state index contributed by atoms with van der Waals surface area (Å²) in [6.07, 6.45) is 1.59. The molecule has 0 saturated carbocycles. The molecule has 0 bridgehead atoms. The standard InChI is InChI=1S/C12H13F2N3S/c1-7(2)18-11-6-16-17(12(11)15)10-4-3-8(13)5-9(10)14/h3-7H,15H2,1-2H3. The number of rotatable bonds is 3. The van der Waals surface area contributed by atoms with Crippen LogP contribution in [0.3, 0.4) is 0 Å². The van der Waals surface area contributed by atoms with Gasteiger partial charge in [0.15, 0.2) is 5.82 Å². The second kappa shape index (κ2) is 4.97. The minimum absolute atomic E-state index is 0.143. The van der Waals surface area contributed by atoms with E-state index in [1.54, 1.807) is 18.0 Å². The zero-order chi connectivity index (χ0) is 13.3. The molecule has 2 rings (SSSR count). The smallest absolute Gasteiger partial charge is 0.151 e. The predicted molar refractivity (Wildman–Crippen MR) is 68.9 cm³/mol. The lowest BCUT2D eigenvalue weighted by atomic mass is 10.3. The lowest BCUT2D eigenvalue weighted by Gasteiger charge is -2.07. The van der Waals surface area contributed by atoms with E-state index in [0.29, 0.717) is 11.1 Å². The number of hydrogen-bond acceptors (Lipinski definition) is 3. The van der Waals surface area contributed by atoms with E-state index in [2.05, 4.69) is 5.10 Å². The molecule has 0 saturated heterocycles. The number of hydrogen-bond donors (Lipinski definition) is 1. The molecule has 2 N–H and O–H groups in total. The van der Waals surface area contributed by atoms with Gasteiger partial charge in [-0.25, -0.2) is 13.5 Å². The summed E-state index contributed by atoms with van der Waals surface area (Å²) in [7, 11) is 0. The summed E-state index contributed by atoms with van der Waals surface area (Å²) in [6, 6.07) is 3.30. The first-order valence-corrected chi connectivity index (χ1v) is 6.32. The lowest BCUT2D eigenvalue weighted by Crippen LogP contribution is -2.05. The predicted octanol–water partition coefficient (Wildman–Crippen LogP) is 3.23. The van der Waals surface area contributed by atoms with E-state index in [1.165, 1.54) is 16.8 Å². The van der Waals surface area contributed by atoms with E-state index in [9.17, 15) is 8.78 Å². The third-order valence-electron chi connectivity index (χ3n) is 2.27. The molecule has 0 spiro atoms.